The van der Waals surface area contributed by atoms with Crippen LogP contribution in [0.3, 0.4) is 0 Å². The fraction of sp³-hybridized carbons (Fsp3) is 0.357. The van der Waals surface area contributed by atoms with Gasteiger partial charge >= 0.3 is 0 Å². The van der Waals surface area contributed by atoms with Crippen LogP contribution in [-0.4, -0.2) is 21.0 Å². The van der Waals surface area contributed by atoms with Gasteiger partial charge < -0.3 is 9.88 Å². The number of imidazole rings is 1. The molecule has 0 fully saturated rings. The van der Waals surface area contributed by atoms with Gasteiger partial charge in [0.25, 0.3) is 5.69 Å². The van der Waals surface area contributed by atoms with Crippen LogP contribution in [0.1, 0.15) is 18.9 Å². The normalized spacial score (nSPS) is 10.6. The fourth-order valence-electron chi connectivity index (χ4n) is 1.88. The van der Waals surface area contributed by atoms with Crippen molar-refractivity contribution >= 4 is 23.1 Å². The number of nitro benzene ring substituents is 1. The van der Waals surface area contributed by atoms with E-state index in [0.29, 0.717) is 5.75 Å². The lowest BCUT2D eigenvalue weighted by Crippen LogP contribution is -2.03. The van der Waals surface area contributed by atoms with Crippen molar-refractivity contribution in [3.63, 3.8) is 0 Å². The number of rotatable bonds is 7. The summed E-state index contributed by atoms with van der Waals surface area (Å²) in [5.41, 5.74) is 1.99. The maximum absolute atomic E-state index is 10.9. The van der Waals surface area contributed by atoms with Gasteiger partial charge in [0.2, 0.25) is 0 Å². The second-order valence-electron chi connectivity index (χ2n) is 4.63. The van der Waals surface area contributed by atoms with Crippen LogP contribution in [0, 0.1) is 10.1 Å². The summed E-state index contributed by atoms with van der Waals surface area (Å²) in [4.78, 5) is 14.8. The number of nitrogens with zero attached hydrogens (tertiary/aromatic N) is 3. The van der Waals surface area contributed by atoms with Gasteiger partial charge in [-0.1, -0.05) is 18.7 Å². The number of aromatic nitrogens is 2. The Morgan fingerprint density at radius 3 is 2.90 bits per heavy atom. The molecule has 1 aromatic heterocycles. The lowest BCUT2D eigenvalue weighted by atomic mass is 10.1. The van der Waals surface area contributed by atoms with Crippen LogP contribution >= 0.6 is 11.8 Å². The number of nitrogens with one attached hydrogen (secondary N) is 1. The van der Waals surface area contributed by atoms with Crippen molar-refractivity contribution in [2.75, 3.05) is 11.9 Å². The molecule has 1 aromatic carbocycles. The van der Waals surface area contributed by atoms with Gasteiger partial charge in [-0.2, -0.15) is 0 Å². The third kappa shape index (κ3) is 3.98. The zero-order chi connectivity index (χ0) is 15.2. The summed E-state index contributed by atoms with van der Waals surface area (Å²) in [6.07, 6.45) is 4.63. The molecular weight excluding hydrogens is 288 g/mol. The van der Waals surface area contributed by atoms with Gasteiger partial charge in [0, 0.05) is 49.6 Å². The first kappa shape index (κ1) is 15.4. The molecular formula is C14H18N4O2S. The molecule has 2 rings (SSSR count). The Bertz CT molecular complexity index is 627. The molecule has 0 radical (unpaired) electrons. The van der Waals surface area contributed by atoms with Gasteiger partial charge in [-0.05, 0) is 18.1 Å². The maximum atomic E-state index is 10.9. The first-order valence-electron chi connectivity index (χ1n) is 6.73. The molecule has 0 atom stereocenters. The summed E-state index contributed by atoms with van der Waals surface area (Å²) in [5.74, 6) is 0.637. The van der Waals surface area contributed by atoms with E-state index >= 15 is 0 Å². The number of non-ortho nitro benzene ring substituents is 1. The van der Waals surface area contributed by atoms with E-state index in [2.05, 4.69) is 17.2 Å². The Morgan fingerprint density at radius 1 is 1.48 bits per heavy atom. The number of anilines is 1. The molecule has 0 saturated heterocycles. The highest BCUT2D eigenvalue weighted by Gasteiger charge is 2.12. The maximum Gasteiger partial charge on any atom is 0.269 e. The molecule has 0 aliphatic carbocycles. The van der Waals surface area contributed by atoms with Gasteiger partial charge in [-0.15, -0.1) is 0 Å². The molecule has 6 nitrogen and oxygen atoms in total. The van der Waals surface area contributed by atoms with Crippen molar-refractivity contribution in [1.82, 2.24) is 9.55 Å². The van der Waals surface area contributed by atoms with Crippen LogP contribution in [0.15, 0.2) is 35.7 Å². The minimum atomic E-state index is -0.363. The SMILES string of the molecule is CCCNc1ccc([N+](=O)[O-])cc1CSc1nccn1C. The Hall–Kier alpha value is -2.02. The Balaban J connectivity index is 2.19. The van der Waals surface area contributed by atoms with Crippen LogP contribution < -0.4 is 5.32 Å². The third-order valence-electron chi connectivity index (χ3n) is 3.00. The summed E-state index contributed by atoms with van der Waals surface area (Å²) < 4.78 is 1.93. The molecule has 1 N–H and O–H groups in total. The highest BCUT2D eigenvalue weighted by molar-refractivity contribution is 7.98. The summed E-state index contributed by atoms with van der Waals surface area (Å²) in [7, 11) is 1.93. The highest BCUT2D eigenvalue weighted by atomic mass is 32.2. The second kappa shape index (κ2) is 7.12. The minimum Gasteiger partial charge on any atom is -0.385 e. The van der Waals surface area contributed by atoms with Gasteiger partial charge in [0.15, 0.2) is 5.16 Å². The first-order valence-corrected chi connectivity index (χ1v) is 7.71. The Labute approximate surface area is 127 Å². The van der Waals surface area contributed by atoms with E-state index in [4.69, 9.17) is 0 Å². The van der Waals surface area contributed by atoms with Crippen LogP contribution in [-0.2, 0) is 12.8 Å². The van der Waals surface area contributed by atoms with Crippen LogP contribution in [0.4, 0.5) is 11.4 Å². The van der Waals surface area contributed by atoms with E-state index in [0.717, 1.165) is 29.4 Å². The van der Waals surface area contributed by atoms with Crippen molar-refractivity contribution in [2.45, 2.75) is 24.3 Å². The molecule has 7 heteroatoms. The molecule has 1 heterocycles. The van der Waals surface area contributed by atoms with E-state index in [1.165, 1.54) is 6.07 Å². The van der Waals surface area contributed by atoms with E-state index in [1.807, 2.05) is 17.8 Å². The van der Waals surface area contributed by atoms with Crippen molar-refractivity contribution in [1.29, 1.82) is 0 Å². The fourth-order valence-corrected chi connectivity index (χ4v) is 2.80. The van der Waals surface area contributed by atoms with Crippen LogP contribution in [0.2, 0.25) is 0 Å². The molecule has 0 spiro atoms. The first-order chi connectivity index (χ1) is 10.1. The standard InChI is InChI=1S/C14H18N4O2S/c1-3-6-15-13-5-4-12(18(19)20)9-11(13)10-21-14-16-7-8-17(14)2/h4-5,7-9,15H,3,6,10H2,1-2H3. The van der Waals surface area contributed by atoms with Gasteiger partial charge in [0.1, 0.15) is 0 Å². The Morgan fingerprint density at radius 2 is 2.29 bits per heavy atom. The Kier molecular flexibility index (Phi) is 5.21. The number of aryl methyl sites for hydroxylation is 1. The summed E-state index contributed by atoms with van der Waals surface area (Å²) in [5, 5.41) is 15.1. The van der Waals surface area contributed by atoms with Crippen molar-refractivity contribution in [3.05, 3.63) is 46.3 Å². The van der Waals surface area contributed by atoms with Crippen molar-refractivity contribution < 1.29 is 4.92 Å². The smallest absolute Gasteiger partial charge is 0.269 e. The predicted molar refractivity (Wildman–Crippen MR) is 84.6 cm³/mol. The summed E-state index contributed by atoms with van der Waals surface area (Å²) in [6.45, 7) is 2.93. The lowest BCUT2D eigenvalue weighted by Gasteiger charge is -2.11. The zero-order valence-electron chi connectivity index (χ0n) is 12.1. The zero-order valence-corrected chi connectivity index (χ0v) is 12.9. The monoisotopic (exact) mass is 306 g/mol. The van der Waals surface area contributed by atoms with Gasteiger partial charge in [0.05, 0.1) is 4.92 Å². The average Bonchev–Trinajstić information content (AvgIpc) is 2.88. The predicted octanol–water partition coefficient (Wildman–Crippen LogP) is 3.44. The number of nitro groups is 1. The van der Waals surface area contributed by atoms with Crippen molar-refractivity contribution in [3.8, 4) is 0 Å². The van der Waals surface area contributed by atoms with Crippen molar-refractivity contribution in [2.24, 2.45) is 7.05 Å². The lowest BCUT2D eigenvalue weighted by molar-refractivity contribution is -0.384. The van der Waals surface area contributed by atoms with E-state index in [9.17, 15) is 10.1 Å². The van der Waals surface area contributed by atoms with Crippen LogP contribution in [0.25, 0.3) is 0 Å². The van der Waals surface area contributed by atoms with Gasteiger partial charge in [-0.25, -0.2) is 4.98 Å². The topological polar surface area (TPSA) is 73.0 Å². The average molecular weight is 306 g/mol. The molecule has 21 heavy (non-hydrogen) atoms. The number of hydrogen-bond donors (Lipinski definition) is 1. The molecule has 0 amide bonds. The molecule has 0 unspecified atom stereocenters. The number of thioether (sulfide) groups is 1. The summed E-state index contributed by atoms with van der Waals surface area (Å²) >= 11 is 1.56. The third-order valence-corrected chi connectivity index (χ3v) is 4.11. The number of hydrogen-bond acceptors (Lipinski definition) is 5. The second-order valence-corrected chi connectivity index (χ2v) is 5.58. The van der Waals surface area contributed by atoms with E-state index < -0.39 is 0 Å². The molecule has 112 valence electrons. The molecule has 0 aliphatic heterocycles. The molecule has 0 aliphatic rings. The van der Waals surface area contributed by atoms with Gasteiger partial charge in [-0.3, -0.25) is 10.1 Å². The number of benzene rings is 1. The molecule has 0 bridgehead atoms. The van der Waals surface area contributed by atoms with E-state index in [-0.39, 0.29) is 10.6 Å². The molecule has 2 aromatic rings. The van der Waals surface area contributed by atoms with Crippen LogP contribution in [0.5, 0.6) is 0 Å². The summed E-state index contributed by atoms with van der Waals surface area (Å²) in [6, 6.07) is 4.95. The largest absolute Gasteiger partial charge is 0.385 e. The quantitative estimate of drug-likeness (QED) is 0.482. The highest BCUT2D eigenvalue weighted by Crippen LogP contribution is 2.28. The molecule has 0 saturated carbocycles. The minimum absolute atomic E-state index is 0.118. The van der Waals surface area contributed by atoms with E-state index in [1.54, 1.807) is 30.1 Å².